The number of piperidine rings is 1. The Bertz CT molecular complexity index is 3520. The third-order valence-corrected chi connectivity index (χ3v) is 19.8. The van der Waals surface area contributed by atoms with Crippen LogP contribution in [-0.2, 0) is 39.1 Å². The van der Waals surface area contributed by atoms with E-state index in [-0.39, 0.29) is 42.2 Å². The van der Waals surface area contributed by atoms with Crippen molar-refractivity contribution in [2.45, 2.75) is 147 Å². The maximum Gasteiger partial charge on any atom is 0.248 e. The number of amides is 2. The Morgan fingerprint density at radius 3 is 2.56 bits per heavy atom. The second-order valence-electron chi connectivity index (χ2n) is 24.5. The van der Waals surface area contributed by atoms with Crippen LogP contribution in [0.3, 0.4) is 0 Å². The van der Waals surface area contributed by atoms with Crippen LogP contribution in [0.2, 0.25) is 0 Å². The summed E-state index contributed by atoms with van der Waals surface area (Å²) < 4.78 is 22.0. The molecule has 0 bridgehead atoms. The molecule has 22 heteroatoms. The number of nitrogens with one attached hydrogen (secondary N) is 1. The highest BCUT2D eigenvalue weighted by Gasteiger charge is 2.50. The van der Waals surface area contributed by atoms with Crippen molar-refractivity contribution in [3.8, 4) is 45.3 Å². The first kappa shape index (κ1) is 55.6. The van der Waals surface area contributed by atoms with Crippen molar-refractivity contribution in [2.24, 2.45) is 10.8 Å². The average Bonchev–Trinajstić information content (AvgIpc) is 2.48. The molecule has 6 aromatic heterocycles. The molecule has 5 aliphatic rings. The van der Waals surface area contributed by atoms with Gasteiger partial charge in [-0.3, -0.25) is 14.3 Å². The van der Waals surface area contributed by atoms with E-state index in [1.54, 1.807) is 23.1 Å². The fraction of sp³-hybridized carbons (Fsp3) is 0.533. The highest BCUT2D eigenvalue weighted by molar-refractivity contribution is 7.16. The van der Waals surface area contributed by atoms with Gasteiger partial charge in [-0.15, -0.1) is 27.8 Å². The van der Waals surface area contributed by atoms with E-state index in [2.05, 4.69) is 31.6 Å². The van der Waals surface area contributed by atoms with E-state index < -0.39 is 29.0 Å². The number of anilines is 1. The molecule has 2 saturated heterocycles. The van der Waals surface area contributed by atoms with Crippen molar-refractivity contribution < 1.29 is 28.7 Å². The van der Waals surface area contributed by atoms with E-state index in [1.807, 2.05) is 93.6 Å². The summed E-state index contributed by atoms with van der Waals surface area (Å²) in [7, 11) is 1.67. The molecule has 2 aliphatic heterocycles. The smallest absolute Gasteiger partial charge is 0.248 e. The van der Waals surface area contributed by atoms with E-state index in [4.69, 9.17) is 40.0 Å². The Morgan fingerprint density at radius 2 is 1.84 bits per heavy atom. The van der Waals surface area contributed by atoms with E-state index in [0.29, 0.717) is 59.1 Å². The number of carbonyl (C=O) groups is 2. The minimum atomic E-state index is -0.836. The first-order chi connectivity index (χ1) is 39.5. The van der Waals surface area contributed by atoms with Crippen LogP contribution in [-0.4, -0.2) is 130 Å². The number of likely N-dealkylation sites (tertiary alicyclic amines) is 2. The number of thiazole rings is 1. The Labute approximate surface area is 485 Å². The molecule has 1 spiro atoms. The van der Waals surface area contributed by atoms with Gasteiger partial charge in [0.1, 0.15) is 28.8 Å². The van der Waals surface area contributed by atoms with Crippen molar-refractivity contribution in [3.05, 3.63) is 98.6 Å². The number of hydrogen-bond acceptors (Lipinski definition) is 18. The van der Waals surface area contributed by atoms with Crippen LogP contribution in [0.1, 0.15) is 148 Å². The van der Waals surface area contributed by atoms with Gasteiger partial charge >= 0.3 is 0 Å². The Balaban J connectivity index is 0.705. The van der Waals surface area contributed by atoms with Crippen LogP contribution in [0.5, 0.6) is 5.88 Å². The molecule has 2 amide bonds. The van der Waals surface area contributed by atoms with Crippen molar-refractivity contribution >= 4 is 39.5 Å². The number of rotatable bonds is 17. The summed E-state index contributed by atoms with van der Waals surface area (Å²) in [4.78, 5) is 49.6. The molecule has 0 unspecified atom stereocenters. The Kier molecular flexibility index (Phi) is 15.2. The van der Waals surface area contributed by atoms with Gasteiger partial charge < -0.3 is 40.0 Å². The summed E-state index contributed by atoms with van der Waals surface area (Å²) in [5.74, 6) is 1.24. The predicted octanol–water partition coefficient (Wildman–Crippen LogP) is 8.60. The fourth-order valence-corrected chi connectivity index (χ4v) is 15.2. The number of nitriles is 1. The number of aliphatic hydroxyl groups excluding tert-OH is 1. The van der Waals surface area contributed by atoms with Gasteiger partial charge in [0.25, 0.3) is 0 Å². The lowest BCUT2D eigenvalue weighted by Crippen LogP contribution is -2.50. The van der Waals surface area contributed by atoms with Crippen molar-refractivity contribution in [1.82, 2.24) is 60.0 Å². The number of nitrogens with zero attached hydrogens (tertiary/aromatic N) is 12. The van der Waals surface area contributed by atoms with Crippen molar-refractivity contribution in [1.29, 1.82) is 5.26 Å². The molecule has 1 aromatic carbocycles. The molecule has 0 radical (unpaired) electrons. The van der Waals surface area contributed by atoms with Crippen LogP contribution >= 0.6 is 22.7 Å². The maximum atomic E-state index is 14.7. The molecule has 5 atom stereocenters. The molecular formula is C60H72N14O6S2. The molecule has 4 N–H and O–H groups in total. The molecule has 1 saturated carbocycles. The standard InChI is InChI=1S/C60H72N14O6S2/c1-35(37-11-13-39(14-12-37)51-36(2)63-34-81-51)64-56(76)46-27-40(75)30-73(46)57(77)52(58(3,4)5)74-31-45(67-70-74)38-15-22-71(23-16-38)32-59(20-21-59)33-79-48-28-44(43-17-24-72(68-43)25-26-78-6)65-55(66-48)50-41-9-7-18-60(53(41)80-69-50)19-8-10-47-49(60)42(29-61)54(62)82-47/h11-14,17,24,28,31,34-35,38,40,46,52,75H,7-10,15-16,18-23,25-27,30,32-33,62H2,1-6H3,(H,64,76)/t35-,40+,46-,52+,60-/m0/s1. The summed E-state index contributed by atoms with van der Waals surface area (Å²) in [6.45, 7) is 14.2. The number of β-amino-alcohol motifs (C(OH)–C–C–N with tert-alkyl or cyclic N) is 1. The van der Waals surface area contributed by atoms with Crippen LogP contribution in [0.15, 0.2) is 58.8 Å². The topological polar surface area (TPSA) is 254 Å². The molecule has 8 heterocycles. The number of fused-ring (bicyclic) bond motifs is 4. The van der Waals surface area contributed by atoms with Gasteiger partial charge in [-0.1, -0.05) is 55.4 Å². The zero-order chi connectivity index (χ0) is 57.1. The minimum absolute atomic E-state index is 0.0364. The highest BCUT2D eigenvalue weighted by Crippen LogP contribution is 2.55. The minimum Gasteiger partial charge on any atom is -0.477 e. The summed E-state index contributed by atoms with van der Waals surface area (Å²) in [6.07, 6.45) is 12.2. The second-order valence-corrected chi connectivity index (χ2v) is 26.5. The van der Waals surface area contributed by atoms with Crippen molar-refractivity contribution in [2.75, 3.05) is 52.2 Å². The van der Waals surface area contributed by atoms with Gasteiger partial charge in [0.05, 0.1) is 70.4 Å². The predicted molar refractivity (Wildman–Crippen MR) is 310 cm³/mol. The lowest BCUT2D eigenvalue weighted by atomic mass is 9.63. The van der Waals surface area contributed by atoms with Crippen LogP contribution in [0.25, 0.3) is 33.3 Å². The molecule has 430 valence electrons. The lowest BCUT2D eigenvalue weighted by molar-refractivity contribution is -0.144. The normalized spacial score (nSPS) is 21.5. The van der Waals surface area contributed by atoms with Gasteiger partial charge in [-0.05, 0) is 119 Å². The number of nitrogens with two attached hydrogens (primary N) is 1. The number of hydrogen-bond donors (Lipinski definition) is 3. The highest BCUT2D eigenvalue weighted by atomic mass is 32.1. The largest absolute Gasteiger partial charge is 0.477 e. The second kappa shape index (κ2) is 22.4. The van der Waals surface area contributed by atoms with Crippen molar-refractivity contribution in [3.63, 3.8) is 0 Å². The Morgan fingerprint density at radius 1 is 1.06 bits per heavy atom. The molecule has 3 fully saturated rings. The summed E-state index contributed by atoms with van der Waals surface area (Å²) in [5, 5.41) is 43.8. The molecule has 20 nitrogen and oxygen atoms in total. The number of carbonyl (C=O) groups excluding carboxylic acids is 2. The molecule has 7 aromatic rings. The van der Waals surface area contributed by atoms with Crippen LogP contribution in [0.4, 0.5) is 5.00 Å². The number of aryl methyl sites for hydroxylation is 2. The SMILES string of the molecule is COCCn1ccc(-c2cc(OCC3(CN4CCC(c5cn([C@H](C(=O)N6C[C@H](O)C[C@H]6C(=O)N[C@@H](C)c6ccc(-c7scnc7C)cc6)C(C)(C)C)nn5)CC4)CC3)nc(-c3noc4c3CCC[C@@]43CCCc4sc(N)c(C#N)c43)n2)n1. The monoisotopic (exact) mass is 1150 g/mol. The van der Waals surface area contributed by atoms with E-state index in [0.717, 1.165) is 128 Å². The first-order valence-corrected chi connectivity index (χ1v) is 30.5. The molecule has 12 rings (SSSR count). The quantitative estimate of drug-likeness (QED) is 0.0771. The molecule has 3 aliphatic carbocycles. The number of methoxy groups -OCH3 is 1. The summed E-state index contributed by atoms with van der Waals surface area (Å²) in [6, 6.07) is 12.4. The number of ether oxygens (including phenoxy) is 2. The van der Waals surface area contributed by atoms with E-state index in [1.165, 1.54) is 21.1 Å². The number of thiophene rings is 1. The zero-order valence-electron chi connectivity index (χ0n) is 47.6. The zero-order valence-corrected chi connectivity index (χ0v) is 49.2. The van der Waals surface area contributed by atoms with Gasteiger partial charge in [-0.2, -0.15) is 15.3 Å². The first-order valence-electron chi connectivity index (χ1n) is 28.8. The third-order valence-electron chi connectivity index (χ3n) is 17.7. The van der Waals surface area contributed by atoms with Gasteiger partial charge in [0, 0.05) is 66.9 Å². The van der Waals surface area contributed by atoms with Gasteiger partial charge in [0.2, 0.25) is 17.7 Å². The van der Waals surface area contributed by atoms with E-state index in [9.17, 15) is 20.0 Å². The van der Waals surface area contributed by atoms with Crippen LogP contribution < -0.4 is 15.8 Å². The van der Waals surface area contributed by atoms with Gasteiger partial charge in [0.15, 0.2) is 17.3 Å². The maximum absolute atomic E-state index is 14.7. The summed E-state index contributed by atoms with van der Waals surface area (Å²) >= 11 is 3.12. The Hall–Kier alpha value is -6.90. The number of benzene rings is 1. The fourth-order valence-electron chi connectivity index (χ4n) is 13.2. The lowest BCUT2D eigenvalue weighted by Gasteiger charge is -2.39. The van der Waals surface area contributed by atoms with E-state index >= 15 is 0 Å². The number of aromatic nitrogens is 9. The molecular weight excluding hydrogens is 1080 g/mol. The average molecular weight is 1150 g/mol. The summed E-state index contributed by atoms with van der Waals surface area (Å²) in [5.41, 5.74) is 15.5. The number of aliphatic hydroxyl groups is 1. The number of nitrogen functional groups attached to an aromatic ring is 1. The van der Waals surface area contributed by atoms with Crippen LogP contribution in [0, 0.1) is 29.1 Å². The molecule has 82 heavy (non-hydrogen) atoms. The third kappa shape index (κ3) is 10.7. The van der Waals surface area contributed by atoms with Gasteiger partial charge in [-0.25, -0.2) is 14.6 Å².